The van der Waals surface area contributed by atoms with Gasteiger partial charge < -0.3 is 4.74 Å². The summed E-state index contributed by atoms with van der Waals surface area (Å²) in [5, 5.41) is -1.35. The molecule has 0 aromatic carbocycles. The Balaban J connectivity index is 3.04. The normalized spacial score (nSPS) is 11.6. The fourth-order valence-electron chi connectivity index (χ4n) is 0.625. The molecule has 0 amide bonds. The summed E-state index contributed by atoms with van der Waals surface area (Å²) in [6.07, 6.45) is -4.92. The van der Waals surface area contributed by atoms with Gasteiger partial charge in [0.1, 0.15) is 0 Å². The molecule has 0 radical (unpaired) electrons. The lowest BCUT2D eigenvalue weighted by Gasteiger charge is -2.09. The maximum Gasteiger partial charge on any atom is 0.573 e. The van der Waals surface area contributed by atoms with Gasteiger partial charge in [-0.25, -0.2) is 4.98 Å². The van der Waals surface area contributed by atoms with Gasteiger partial charge in [-0.1, -0.05) is 23.2 Å². The Kier molecular flexibility index (Phi) is 3.06. The highest BCUT2D eigenvalue weighted by molar-refractivity contribution is 6.33. The van der Waals surface area contributed by atoms with Crippen LogP contribution >= 0.6 is 23.2 Å². The molecule has 14 heavy (non-hydrogen) atoms. The maximum atomic E-state index is 12.5. The SMILES string of the molecule is Fc1nc(Cl)c(OC(F)(F)F)cc1Cl. The summed E-state index contributed by atoms with van der Waals surface area (Å²) in [6.45, 7) is 0. The second-order valence-electron chi connectivity index (χ2n) is 2.10. The second kappa shape index (κ2) is 3.78. The Hall–Kier alpha value is -0.750. The quantitative estimate of drug-likeness (QED) is 0.562. The van der Waals surface area contributed by atoms with E-state index in [1.165, 1.54) is 0 Å². The lowest BCUT2D eigenvalue weighted by molar-refractivity contribution is -0.274. The summed E-state index contributed by atoms with van der Waals surface area (Å²) in [7, 11) is 0. The van der Waals surface area contributed by atoms with Gasteiger partial charge in [-0.15, -0.1) is 13.2 Å². The second-order valence-corrected chi connectivity index (χ2v) is 2.86. The summed E-state index contributed by atoms with van der Waals surface area (Å²) in [5.41, 5.74) is 0. The molecule has 1 aromatic heterocycles. The number of alkyl halides is 3. The van der Waals surface area contributed by atoms with Crippen molar-refractivity contribution in [2.75, 3.05) is 0 Å². The third-order valence-electron chi connectivity index (χ3n) is 1.08. The van der Waals surface area contributed by atoms with E-state index in [0.29, 0.717) is 6.07 Å². The fourth-order valence-corrected chi connectivity index (χ4v) is 0.934. The smallest absolute Gasteiger partial charge is 0.402 e. The highest BCUT2D eigenvalue weighted by Gasteiger charge is 2.32. The van der Waals surface area contributed by atoms with E-state index in [9.17, 15) is 17.6 Å². The number of rotatable bonds is 1. The molecule has 0 N–H and O–H groups in total. The lowest BCUT2D eigenvalue weighted by Crippen LogP contribution is -2.17. The van der Waals surface area contributed by atoms with Gasteiger partial charge in [-0.3, -0.25) is 0 Å². The van der Waals surface area contributed by atoms with Crippen molar-refractivity contribution in [3.05, 3.63) is 22.2 Å². The molecule has 0 bridgehead atoms. The van der Waals surface area contributed by atoms with Crippen LogP contribution in [0.4, 0.5) is 17.6 Å². The fraction of sp³-hybridized carbons (Fsp3) is 0.167. The van der Waals surface area contributed by atoms with Gasteiger partial charge in [0.15, 0.2) is 10.9 Å². The molecule has 2 nitrogen and oxygen atoms in total. The number of pyridine rings is 1. The zero-order valence-electron chi connectivity index (χ0n) is 6.20. The topological polar surface area (TPSA) is 22.1 Å². The van der Waals surface area contributed by atoms with E-state index >= 15 is 0 Å². The molecular weight excluding hydrogens is 249 g/mol. The first kappa shape index (κ1) is 11.3. The van der Waals surface area contributed by atoms with E-state index in [1.807, 2.05) is 0 Å². The van der Waals surface area contributed by atoms with Crippen LogP contribution in [0.2, 0.25) is 10.2 Å². The number of ether oxygens (including phenoxy) is 1. The first-order valence-corrected chi connectivity index (χ1v) is 3.82. The van der Waals surface area contributed by atoms with E-state index in [-0.39, 0.29) is 0 Å². The van der Waals surface area contributed by atoms with Crippen molar-refractivity contribution in [2.45, 2.75) is 6.36 Å². The Morgan fingerprint density at radius 3 is 2.36 bits per heavy atom. The molecule has 78 valence electrons. The van der Waals surface area contributed by atoms with Gasteiger partial charge in [0, 0.05) is 6.07 Å². The van der Waals surface area contributed by atoms with Gasteiger partial charge in [0.25, 0.3) is 0 Å². The van der Waals surface area contributed by atoms with Gasteiger partial charge in [-0.2, -0.15) is 4.39 Å². The summed E-state index contributed by atoms with van der Waals surface area (Å²) in [4.78, 5) is 2.90. The largest absolute Gasteiger partial charge is 0.573 e. The van der Waals surface area contributed by atoms with Gasteiger partial charge in [-0.05, 0) is 0 Å². The third-order valence-corrected chi connectivity index (χ3v) is 1.62. The molecule has 1 heterocycles. The van der Waals surface area contributed by atoms with Crippen molar-refractivity contribution in [3.63, 3.8) is 0 Å². The van der Waals surface area contributed by atoms with Gasteiger partial charge in [0.05, 0.1) is 5.02 Å². The predicted octanol–water partition coefficient (Wildman–Crippen LogP) is 3.43. The highest BCUT2D eigenvalue weighted by Crippen LogP contribution is 2.31. The molecule has 1 aromatic rings. The maximum absolute atomic E-state index is 12.5. The molecule has 8 heteroatoms. The number of aromatic nitrogens is 1. The average molecular weight is 250 g/mol. The van der Waals surface area contributed by atoms with Crippen LogP contribution in [0.1, 0.15) is 0 Å². The lowest BCUT2D eigenvalue weighted by atomic mass is 10.4. The predicted molar refractivity (Wildman–Crippen MR) is 40.9 cm³/mol. The van der Waals surface area contributed by atoms with Crippen LogP contribution < -0.4 is 4.74 Å². The van der Waals surface area contributed by atoms with E-state index in [4.69, 9.17) is 23.2 Å². The van der Waals surface area contributed by atoms with E-state index in [1.54, 1.807) is 0 Å². The molecule has 0 spiro atoms. The van der Waals surface area contributed by atoms with Crippen LogP contribution in [-0.2, 0) is 0 Å². The van der Waals surface area contributed by atoms with Crippen LogP contribution in [0, 0.1) is 5.95 Å². The minimum absolute atomic E-state index is 0.597. The molecule has 0 fully saturated rings. The average Bonchev–Trinajstić information content (AvgIpc) is 1.97. The number of hydrogen-bond donors (Lipinski definition) is 0. The Morgan fingerprint density at radius 1 is 1.29 bits per heavy atom. The monoisotopic (exact) mass is 249 g/mol. The summed E-state index contributed by atoms with van der Waals surface area (Å²) >= 11 is 10.3. The van der Waals surface area contributed by atoms with E-state index in [0.717, 1.165) is 0 Å². The van der Waals surface area contributed by atoms with Crippen LogP contribution in [0.15, 0.2) is 6.07 Å². The number of nitrogens with zero attached hydrogens (tertiary/aromatic N) is 1. The van der Waals surface area contributed by atoms with Crippen LogP contribution in [0.3, 0.4) is 0 Å². The number of halogens is 6. The number of hydrogen-bond acceptors (Lipinski definition) is 2. The molecule has 1 rings (SSSR count). The summed E-state index contributed by atoms with van der Waals surface area (Å²) in [5.74, 6) is -2.00. The highest BCUT2D eigenvalue weighted by atomic mass is 35.5. The summed E-state index contributed by atoms with van der Waals surface area (Å²) in [6, 6.07) is 0.597. The molecular formula is C6HCl2F4NO. The standard InChI is InChI=1S/C6HCl2F4NO/c7-2-1-3(14-6(10,11)12)4(8)13-5(2)9/h1H. The van der Waals surface area contributed by atoms with Crippen molar-refractivity contribution < 1.29 is 22.3 Å². The van der Waals surface area contributed by atoms with Gasteiger partial charge in [0.2, 0.25) is 5.95 Å². The molecule has 0 unspecified atom stereocenters. The first-order valence-electron chi connectivity index (χ1n) is 3.07. The van der Waals surface area contributed by atoms with Crippen molar-refractivity contribution >= 4 is 23.2 Å². The molecule has 0 aliphatic rings. The third kappa shape index (κ3) is 2.88. The zero-order valence-corrected chi connectivity index (χ0v) is 7.71. The Bertz CT molecular complexity index is 354. The molecule has 0 saturated heterocycles. The van der Waals surface area contributed by atoms with Crippen molar-refractivity contribution in [2.24, 2.45) is 0 Å². The minimum atomic E-state index is -4.92. The van der Waals surface area contributed by atoms with Gasteiger partial charge >= 0.3 is 6.36 Å². The first-order chi connectivity index (χ1) is 6.29. The van der Waals surface area contributed by atoms with E-state index in [2.05, 4.69) is 9.72 Å². The molecule has 0 atom stereocenters. The minimum Gasteiger partial charge on any atom is -0.402 e. The van der Waals surface area contributed by atoms with Crippen LogP contribution in [0.5, 0.6) is 5.75 Å². The van der Waals surface area contributed by atoms with Crippen LogP contribution in [0.25, 0.3) is 0 Å². The summed E-state index contributed by atoms with van der Waals surface area (Å²) < 4.78 is 51.1. The molecule has 0 aliphatic carbocycles. The van der Waals surface area contributed by atoms with Crippen molar-refractivity contribution in [3.8, 4) is 5.75 Å². The molecule has 0 aliphatic heterocycles. The Morgan fingerprint density at radius 2 is 1.86 bits per heavy atom. The van der Waals surface area contributed by atoms with Crippen LogP contribution in [-0.4, -0.2) is 11.3 Å². The molecule has 0 saturated carbocycles. The van der Waals surface area contributed by atoms with E-state index < -0.39 is 28.2 Å². The van der Waals surface area contributed by atoms with Crippen molar-refractivity contribution in [1.29, 1.82) is 0 Å². The van der Waals surface area contributed by atoms with Crippen molar-refractivity contribution in [1.82, 2.24) is 4.98 Å². The zero-order chi connectivity index (χ0) is 10.9. The Labute approximate surface area is 85.4 Å².